The number of hydrogen-bond donors (Lipinski definition) is 0. The van der Waals surface area contributed by atoms with E-state index in [0.717, 1.165) is 19.3 Å². The Hall–Kier alpha value is -0.0800. The van der Waals surface area contributed by atoms with E-state index in [2.05, 4.69) is 13.8 Å². The van der Waals surface area contributed by atoms with E-state index in [-0.39, 0.29) is 11.1 Å². The monoisotopic (exact) mass is 156 g/mol. The lowest BCUT2D eigenvalue weighted by Crippen LogP contribution is -2.45. The number of hydrogen-bond acceptors (Lipinski definition) is 1. The minimum Gasteiger partial charge on any atom is -0.144 e. The minimum absolute atomic E-state index is 0.0938. The van der Waals surface area contributed by atoms with Crippen molar-refractivity contribution in [3.63, 3.8) is 0 Å². The van der Waals surface area contributed by atoms with Crippen LogP contribution in [0.4, 0.5) is 0 Å². The van der Waals surface area contributed by atoms with Gasteiger partial charge in [0.1, 0.15) is 0 Å². The second-order valence-electron chi connectivity index (χ2n) is 4.46. The van der Waals surface area contributed by atoms with Crippen LogP contribution in [0, 0.1) is 0 Å². The maximum Gasteiger partial charge on any atom is 0.0469 e. The van der Waals surface area contributed by atoms with Gasteiger partial charge < -0.3 is 0 Å². The standard InChI is InChI=1S/C9H18NO/c1-5-9(4)7-6-8(2,3)10(9)11/h5-7H2,1-4H3. The second kappa shape index (κ2) is 2.46. The molecule has 1 saturated heterocycles. The van der Waals surface area contributed by atoms with Crippen LogP contribution in [-0.2, 0) is 5.21 Å². The van der Waals surface area contributed by atoms with E-state index in [1.807, 2.05) is 13.8 Å². The molecule has 1 atom stereocenters. The molecule has 1 aliphatic rings. The van der Waals surface area contributed by atoms with E-state index in [1.165, 1.54) is 5.06 Å². The molecule has 1 fully saturated rings. The lowest BCUT2D eigenvalue weighted by Gasteiger charge is -2.33. The first-order valence-corrected chi connectivity index (χ1v) is 4.40. The highest BCUT2D eigenvalue weighted by Crippen LogP contribution is 2.40. The van der Waals surface area contributed by atoms with E-state index < -0.39 is 0 Å². The van der Waals surface area contributed by atoms with Gasteiger partial charge in [0, 0.05) is 11.1 Å². The Bertz CT molecular complexity index is 156. The van der Waals surface area contributed by atoms with Gasteiger partial charge >= 0.3 is 0 Å². The van der Waals surface area contributed by atoms with Crippen molar-refractivity contribution < 1.29 is 5.21 Å². The zero-order valence-electron chi connectivity index (χ0n) is 7.98. The van der Waals surface area contributed by atoms with Gasteiger partial charge in [0.05, 0.1) is 0 Å². The topological polar surface area (TPSA) is 23.1 Å². The molecule has 11 heavy (non-hydrogen) atoms. The van der Waals surface area contributed by atoms with Crippen molar-refractivity contribution in [1.29, 1.82) is 0 Å². The Morgan fingerprint density at radius 1 is 1.27 bits per heavy atom. The van der Waals surface area contributed by atoms with Gasteiger partial charge in [-0.3, -0.25) is 0 Å². The zero-order chi connectivity index (χ0) is 8.70. The van der Waals surface area contributed by atoms with Gasteiger partial charge in [-0.15, -0.1) is 10.3 Å². The molecule has 0 aromatic rings. The quantitative estimate of drug-likeness (QED) is 0.571. The Morgan fingerprint density at radius 2 is 1.82 bits per heavy atom. The fourth-order valence-corrected chi connectivity index (χ4v) is 1.83. The molecule has 0 aliphatic carbocycles. The summed E-state index contributed by atoms with van der Waals surface area (Å²) < 4.78 is 0. The van der Waals surface area contributed by atoms with Gasteiger partial charge in [-0.1, -0.05) is 6.92 Å². The third-order valence-electron chi connectivity index (χ3n) is 3.08. The van der Waals surface area contributed by atoms with Gasteiger partial charge in [0.2, 0.25) is 0 Å². The summed E-state index contributed by atoms with van der Waals surface area (Å²) >= 11 is 0. The Kier molecular flexibility index (Phi) is 2.01. The molecular weight excluding hydrogens is 138 g/mol. The summed E-state index contributed by atoms with van der Waals surface area (Å²) in [6.45, 7) is 8.21. The molecule has 1 radical (unpaired) electrons. The highest BCUT2D eigenvalue weighted by molar-refractivity contribution is 4.97. The van der Waals surface area contributed by atoms with Gasteiger partial charge in [0.25, 0.3) is 0 Å². The first-order valence-electron chi connectivity index (χ1n) is 4.40. The van der Waals surface area contributed by atoms with Crippen molar-refractivity contribution in [2.45, 2.75) is 58.0 Å². The van der Waals surface area contributed by atoms with Gasteiger partial charge in [-0.05, 0) is 40.0 Å². The molecular formula is C9H18NO. The lowest BCUT2D eigenvalue weighted by atomic mass is 9.96. The molecule has 0 spiro atoms. The molecule has 65 valence electrons. The van der Waals surface area contributed by atoms with Crippen LogP contribution in [0.15, 0.2) is 0 Å². The minimum atomic E-state index is -0.134. The van der Waals surface area contributed by atoms with Gasteiger partial charge in [0.15, 0.2) is 0 Å². The molecule has 0 bridgehead atoms. The summed E-state index contributed by atoms with van der Waals surface area (Å²) in [4.78, 5) is 0. The van der Waals surface area contributed by atoms with Crippen molar-refractivity contribution in [1.82, 2.24) is 5.06 Å². The highest BCUT2D eigenvalue weighted by atomic mass is 16.5. The third kappa shape index (κ3) is 1.30. The smallest absolute Gasteiger partial charge is 0.0469 e. The van der Waals surface area contributed by atoms with Crippen molar-refractivity contribution in [2.24, 2.45) is 0 Å². The summed E-state index contributed by atoms with van der Waals surface area (Å²) in [6.07, 6.45) is 3.03. The average Bonchev–Trinajstić information content (AvgIpc) is 2.16. The van der Waals surface area contributed by atoms with E-state index in [0.29, 0.717) is 0 Å². The van der Waals surface area contributed by atoms with E-state index >= 15 is 0 Å². The molecule has 2 heteroatoms. The van der Waals surface area contributed by atoms with Crippen LogP contribution in [0.1, 0.15) is 47.0 Å². The molecule has 0 aromatic heterocycles. The fourth-order valence-electron chi connectivity index (χ4n) is 1.83. The molecule has 1 heterocycles. The van der Waals surface area contributed by atoms with Crippen molar-refractivity contribution in [3.8, 4) is 0 Å². The second-order valence-corrected chi connectivity index (χ2v) is 4.46. The van der Waals surface area contributed by atoms with Crippen LogP contribution >= 0.6 is 0 Å². The normalized spacial score (nSPS) is 37.9. The Morgan fingerprint density at radius 3 is 2.00 bits per heavy atom. The largest absolute Gasteiger partial charge is 0.144 e. The molecule has 0 N–H and O–H groups in total. The molecule has 1 unspecified atom stereocenters. The van der Waals surface area contributed by atoms with E-state index in [1.54, 1.807) is 0 Å². The zero-order valence-corrected chi connectivity index (χ0v) is 7.98. The van der Waals surface area contributed by atoms with Crippen molar-refractivity contribution in [3.05, 3.63) is 0 Å². The molecule has 0 aromatic carbocycles. The van der Waals surface area contributed by atoms with Crippen LogP contribution in [0.2, 0.25) is 0 Å². The van der Waals surface area contributed by atoms with Crippen LogP contribution in [-0.4, -0.2) is 16.1 Å². The Labute approximate surface area is 69.2 Å². The maximum atomic E-state index is 11.7. The maximum absolute atomic E-state index is 11.7. The first-order chi connectivity index (χ1) is 4.92. The highest BCUT2D eigenvalue weighted by Gasteiger charge is 2.46. The summed E-state index contributed by atoms with van der Waals surface area (Å²) in [5.41, 5.74) is -0.228. The first kappa shape index (κ1) is 9.01. The lowest BCUT2D eigenvalue weighted by molar-refractivity contribution is -0.249. The number of nitrogens with zero attached hydrogens (tertiary/aromatic N) is 1. The molecule has 2 nitrogen and oxygen atoms in total. The summed E-state index contributed by atoms with van der Waals surface area (Å²) in [7, 11) is 0. The van der Waals surface area contributed by atoms with Crippen molar-refractivity contribution >= 4 is 0 Å². The molecule has 0 saturated carbocycles. The molecule has 1 rings (SSSR count). The SMILES string of the molecule is CCC1(C)CCC(C)(C)N1[O]. The molecule has 1 aliphatic heterocycles. The number of hydroxylamine groups is 2. The summed E-state index contributed by atoms with van der Waals surface area (Å²) in [6, 6.07) is 0. The third-order valence-corrected chi connectivity index (χ3v) is 3.08. The van der Waals surface area contributed by atoms with E-state index in [4.69, 9.17) is 0 Å². The average molecular weight is 156 g/mol. The fraction of sp³-hybridized carbons (Fsp3) is 1.00. The van der Waals surface area contributed by atoms with Crippen LogP contribution in [0.5, 0.6) is 0 Å². The van der Waals surface area contributed by atoms with Crippen LogP contribution < -0.4 is 0 Å². The van der Waals surface area contributed by atoms with Crippen LogP contribution in [0.3, 0.4) is 0 Å². The van der Waals surface area contributed by atoms with E-state index in [9.17, 15) is 5.21 Å². The predicted octanol–water partition coefficient (Wildman–Crippen LogP) is 2.38. The Balaban J connectivity index is 2.78. The van der Waals surface area contributed by atoms with Crippen molar-refractivity contribution in [2.75, 3.05) is 0 Å². The predicted molar refractivity (Wildman–Crippen MR) is 44.5 cm³/mol. The summed E-state index contributed by atoms with van der Waals surface area (Å²) in [5.74, 6) is 0. The summed E-state index contributed by atoms with van der Waals surface area (Å²) in [5, 5.41) is 13.0. The molecule has 0 amide bonds. The van der Waals surface area contributed by atoms with Crippen LogP contribution in [0.25, 0.3) is 0 Å². The van der Waals surface area contributed by atoms with Gasteiger partial charge in [-0.2, -0.15) is 0 Å². The number of rotatable bonds is 1. The van der Waals surface area contributed by atoms with Gasteiger partial charge in [-0.25, -0.2) is 0 Å².